The van der Waals surface area contributed by atoms with Crippen LogP contribution in [-0.2, 0) is 0 Å². The van der Waals surface area contributed by atoms with Gasteiger partial charge in [0, 0.05) is 33.6 Å². The summed E-state index contributed by atoms with van der Waals surface area (Å²) in [6.45, 7) is 0. The Kier molecular flexibility index (Phi) is 2.87. The fourth-order valence-corrected chi connectivity index (χ4v) is 3.32. The van der Waals surface area contributed by atoms with Crippen LogP contribution in [0.25, 0.3) is 32.7 Å². The number of hydrogen-bond donors (Lipinski definition) is 3. The van der Waals surface area contributed by atoms with Gasteiger partial charge >= 0.3 is 0 Å². The first-order valence-electron chi connectivity index (χ1n) is 6.77. The van der Waals surface area contributed by atoms with Gasteiger partial charge in [0.25, 0.3) is 0 Å². The Morgan fingerprint density at radius 3 is 2.73 bits per heavy atom. The van der Waals surface area contributed by atoms with Gasteiger partial charge < -0.3 is 15.2 Å². The van der Waals surface area contributed by atoms with Gasteiger partial charge in [0.15, 0.2) is 11.5 Å². The van der Waals surface area contributed by atoms with E-state index in [1.165, 1.54) is 12.1 Å². The Balaban J connectivity index is 1.79. The van der Waals surface area contributed by atoms with Crippen molar-refractivity contribution in [2.45, 2.75) is 0 Å². The van der Waals surface area contributed by atoms with Crippen LogP contribution in [0.2, 0.25) is 0 Å². The lowest BCUT2D eigenvalue weighted by atomic mass is 10.1. The molecule has 2 heterocycles. The predicted molar refractivity (Wildman–Crippen MR) is 88.2 cm³/mol. The summed E-state index contributed by atoms with van der Waals surface area (Å²) < 4.78 is 0. The van der Waals surface area contributed by atoms with E-state index in [0.29, 0.717) is 0 Å². The highest BCUT2D eigenvalue weighted by Gasteiger charge is 2.12. The third-order valence-electron chi connectivity index (χ3n) is 3.60. The molecule has 0 saturated heterocycles. The molecule has 0 aliphatic heterocycles. The molecule has 22 heavy (non-hydrogen) atoms. The van der Waals surface area contributed by atoms with Crippen molar-refractivity contribution in [2.75, 3.05) is 0 Å². The highest BCUT2D eigenvalue weighted by Crippen LogP contribution is 2.35. The molecule has 4 rings (SSSR count). The zero-order chi connectivity index (χ0) is 15.1. The molecule has 108 valence electrons. The van der Waals surface area contributed by atoms with E-state index in [1.54, 1.807) is 17.4 Å². The Morgan fingerprint density at radius 2 is 1.86 bits per heavy atom. The number of hydrogen-bond acceptors (Lipinski definition) is 4. The molecule has 0 unspecified atom stereocenters. The highest BCUT2D eigenvalue weighted by molar-refractivity contribution is 7.13. The second kappa shape index (κ2) is 4.89. The van der Waals surface area contributed by atoms with Gasteiger partial charge in [-0.05, 0) is 24.3 Å². The number of phenolic OH excluding ortho intramolecular Hbond substituents is 2. The maximum absolute atomic E-state index is 9.61. The minimum Gasteiger partial charge on any atom is -0.504 e. The number of rotatable bonds is 2. The molecular formula is C17H12N2O2S. The summed E-state index contributed by atoms with van der Waals surface area (Å²) in [5.74, 6) is -0.269. The predicted octanol–water partition coefficient (Wildman–Crippen LogP) is 4.37. The third-order valence-corrected chi connectivity index (χ3v) is 4.47. The Hall–Kier alpha value is -2.79. The Morgan fingerprint density at radius 1 is 1.00 bits per heavy atom. The molecule has 2 aromatic carbocycles. The molecule has 0 atom stereocenters. The molecule has 0 saturated carbocycles. The summed E-state index contributed by atoms with van der Waals surface area (Å²) in [7, 11) is 0. The maximum Gasteiger partial charge on any atom is 0.158 e. The number of para-hydroxylation sites is 1. The van der Waals surface area contributed by atoms with Crippen LogP contribution in [0, 0.1) is 0 Å². The van der Waals surface area contributed by atoms with Crippen LogP contribution in [0.5, 0.6) is 11.5 Å². The number of aromatic nitrogens is 2. The molecule has 4 nitrogen and oxygen atoms in total. The summed E-state index contributed by atoms with van der Waals surface area (Å²) in [4.78, 5) is 7.90. The van der Waals surface area contributed by atoms with E-state index >= 15 is 0 Å². The van der Waals surface area contributed by atoms with E-state index in [4.69, 9.17) is 0 Å². The van der Waals surface area contributed by atoms with Crippen LogP contribution in [0.4, 0.5) is 0 Å². The lowest BCUT2D eigenvalue weighted by molar-refractivity contribution is 0.404. The Labute approximate surface area is 130 Å². The van der Waals surface area contributed by atoms with Gasteiger partial charge in [0.05, 0.1) is 5.69 Å². The minimum atomic E-state index is -0.140. The zero-order valence-electron chi connectivity index (χ0n) is 11.4. The largest absolute Gasteiger partial charge is 0.504 e. The summed E-state index contributed by atoms with van der Waals surface area (Å²) in [6, 6.07) is 12.8. The second-order valence-corrected chi connectivity index (χ2v) is 5.85. The summed E-state index contributed by atoms with van der Waals surface area (Å²) in [5.41, 5.74) is 3.70. The summed E-state index contributed by atoms with van der Waals surface area (Å²) in [6.07, 6.45) is 1.96. The van der Waals surface area contributed by atoms with Gasteiger partial charge in [0.1, 0.15) is 5.01 Å². The van der Waals surface area contributed by atoms with Crippen molar-refractivity contribution in [3.8, 4) is 33.3 Å². The lowest BCUT2D eigenvalue weighted by Gasteiger charge is -2.00. The molecule has 0 amide bonds. The number of nitrogens with zero attached hydrogens (tertiary/aromatic N) is 1. The van der Waals surface area contributed by atoms with E-state index in [1.807, 2.05) is 29.8 Å². The first-order chi connectivity index (χ1) is 10.7. The van der Waals surface area contributed by atoms with E-state index in [9.17, 15) is 10.2 Å². The lowest BCUT2D eigenvalue weighted by Crippen LogP contribution is -1.79. The van der Waals surface area contributed by atoms with Crippen molar-refractivity contribution >= 4 is 22.2 Å². The number of nitrogens with one attached hydrogen (secondary N) is 1. The van der Waals surface area contributed by atoms with Crippen LogP contribution in [-0.4, -0.2) is 20.2 Å². The van der Waals surface area contributed by atoms with Crippen molar-refractivity contribution < 1.29 is 10.2 Å². The van der Waals surface area contributed by atoms with Gasteiger partial charge in [0.2, 0.25) is 0 Å². The highest BCUT2D eigenvalue weighted by atomic mass is 32.1. The van der Waals surface area contributed by atoms with E-state index in [0.717, 1.165) is 32.7 Å². The maximum atomic E-state index is 9.61. The zero-order valence-corrected chi connectivity index (χ0v) is 12.3. The van der Waals surface area contributed by atoms with Gasteiger partial charge in [-0.15, -0.1) is 11.3 Å². The number of thiazole rings is 1. The minimum absolute atomic E-state index is 0.129. The molecule has 0 bridgehead atoms. The van der Waals surface area contributed by atoms with Crippen molar-refractivity contribution in [3.05, 3.63) is 54.0 Å². The van der Waals surface area contributed by atoms with Crippen molar-refractivity contribution in [1.29, 1.82) is 0 Å². The van der Waals surface area contributed by atoms with Gasteiger partial charge in [-0.25, -0.2) is 4.98 Å². The molecule has 3 N–H and O–H groups in total. The standard InChI is InChI=1S/C17H12N2O2S/c20-15-6-5-10(7-16(15)21)14-9-22-17(19-14)12-8-18-13-4-2-1-3-11(12)13/h1-9,18,20-21H. The van der Waals surface area contributed by atoms with E-state index < -0.39 is 0 Å². The summed E-state index contributed by atoms with van der Waals surface area (Å²) >= 11 is 1.55. The molecule has 2 aromatic heterocycles. The van der Waals surface area contributed by atoms with Crippen LogP contribution in [0.1, 0.15) is 0 Å². The monoisotopic (exact) mass is 308 g/mol. The van der Waals surface area contributed by atoms with Crippen LogP contribution < -0.4 is 0 Å². The molecule has 0 spiro atoms. The quantitative estimate of drug-likeness (QED) is 0.482. The fraction of sp³-hybridized carbons (Fsp3) is 0. The topological polar surface area (TPSA) is 69.1 Å². The van der Waals surface area contributed by atoms with Crippen LogP contribution in [0.15, 0.2) is 54.0 Å². The number of phenols is 2. The molecule has 0 fully saturated rings. The number of H-pyrrole nitrogens is 1. The van der Waals surface area contributed by atoms with Crippen LogP contribution in [0.3, 0.4) is 0 Å². The van der Waals surface area contributed by atoms with Crippen molar-refractivity contribution in [3.63, 3.8) is 0 Å². The van der Waals surface area contributed by atoms with E-state index in [2.05, 4.69) is 16.0 Å². The first-order valence-corrected chi connectivity index (χ1v) is 7.65. The average Bonchev–Trinajstić information content (AvgIpc) is 3.16. The SMILES string of the molecule is Oc1ccc(-c2csc(-c3c[nH]c4ccccc34)n2)cc1O. The first kappa shape index (κ1) is 12.9. The molecule has 4 aromatic rings. The fourth-order valence-electron chi connectivity index (χ4n) is 2.46. The van der Waals surface area contributed by atoms with Gasteiger partial charge in [-0.1, -0.05) is 18.2 Å². The molecule has 5 heteroatoms. The molecule has 0 aliphatic rings. The smallest absolute Gasteiger partial charge is 0.158 e. The Bertz CT molecular complexity index is 972. The molecule has 0 aliphatic carbocycles. The molecular weight excluding hydrogens is 296 g/mol. The van der Waals surface area contributed by atoms with Crippen molar-refractivity contribution in [1.82, 2.24) is 9.97 Å². The third kappa shape index (κ3) is 2.03. The second-order valence-electron chi connectivity index (χ2n) is 4.99. The van der Waals surface area contributed by atoms with E-state index in [-0.39, 0.29) is 11.5 Å². The number of aromatic hydroxyl groups is 2. The molecule has 0 radical (unpaired) electrons. The van der Waals surface area contributed by atoms with Crippen LogP contribution >= 0.6 is 11.3 Å². The number of benzene rings is 2. The van der Waals surface area contributed by atoms with Crippen molar-refractivity contribution in [2.24, 2.45) is 0 Å². The average molecular weight is 308 g/mol. The number of aromatic amines is 1. The normalized spacial score (nSPS) is 11.1. The van der Waals surface area contributed by atoms with Gasteiger partial charge in [-0.3, -0.25) is 0 Å². The summed E-state index contributed by atoms with van der Waals surface area (Å²) in [5, 5.41) is 23.0. The number of fused-ring (bicyclic) bond motifs is 1. The van der Waals surface area contributed by atoms with Gasteiger partial charge in [-0.2, -0.15) is 0 Å².